The van der Waals surface area contributed by atoms with Gasteiger partial charge in [0.25, 0.3) is 5.91 Å². The Kier molecular flexibility index (Phi) is 5.80. The minimum atomic E-state index is -4.74. The lowest BCUT2D eigenvalue weighted by Gasteiger charge is -2.30. The van der Waals surface area contributed by atoms with Crippen molar-refractivity contribution in [3.63, 3.8) is 0 Å². The highest BCUT2D eigenvalue weighted by atomic mass is 35.5. The molecule has 0 saturated heterocycles. The van der Waals surface area contributed by atoms with Crippen LogP contribution in [0.2, 0.25) is 10.0 Å². The summed E-state index contributed by atoms with van der Waals surface area (Å²) in [6, 6.07) is 9.41. The van der Waals surface area contributed by atoms with Crippen LogP contribution in [0.15, 0.2) is 41.6 Å². The Morgan fingerprint density at radius 2 is 1.96 bits per heavy atom. The second-order valence-electron chi connectivity index (χ2n) is 5.75. The fraction of sp³-hybridized carbons (Fsp3) is 0.176. The summed E-state index contributed by atoms with van der Waals surface area (Å²) in [5.74, 6) is 0.113. The molecule has 2 aromatic carbocycles. The molecule has 1 heterocycles. The molecule has 28 heavy (non-hydrogen) atoms. The smallest absolute Gasteiger partial charge is 0.466 e. The number of halogens is 2. The van der Waals surface area contributed by atoms with Gasteiger partial charge in [-0.25, -0.2) is 4.28 Å². The van der Waals surface area contributed by atoms with E-state index < -0.39 is 10.4 Å². The Morgan fingerprint density at radius 1 is 1.21 bits per heavy atom. The minimum absolute atomic E-state index is 0.172. The summed E-state index contributed by atoms with van der Waals surface area (Å²) in [6.07, 6.45) is 0.186. The monoisotopic (exact) mass is 444 g/mol. The molecular formula is C17H14Cl2N2O6S. The topological polar surface area (TPSA) is 105 Å². The van der Waals surface area contributed by atoms with E-state index in [4.69, 9.17) is 32.5 Å². The van der Waals surface area contributed by atoms with Crippen LogP contribution in [0.5, 0.6) is 5.75 Å². The van der Waals surface area contributed by atoms with Crippen LogP contribution < -0.4 is 9.64 Å². The summed E-state index contributed by atoms with van der Waals surface area (Å²) in [4.78, 5) is 14.5. The first kappa shape index (κ1) is 20.4. The summed E-state index contributed by atoms with van der Waals surface area (Å²) in [5, 5.41) is 4.11. The van der Waals surface area contributed by atoms with E-state index in [0.717, 1.165) is 0 Å². The molecule has 0 saturated carbocycles. The summed E-state index contributed by atoms with van der Waals surface area (Å²) >= 11 is 12.1. The summed E-state index contributed by atoms with van der Waals surface area (Å²) in [7, 11) is -3.27. The number of methoxy groups -OCH3 is 1. The van der Waals surface area contributed by atoms with Gasteiger partial charge in [0.2, 0.25) is 0 Å². The van der Waals surface area contributed by atoms with Crippen LogP contribution in [0.4, 0.5) is 5.69 Å². The van der Waals surface area contributed by atoms with Gasteiger partial charge in [-0.1, -0.05) is 28.4 Å². The Labute approximate surface area is 171 Å². The number of amides is 1. The van der Waals surface area contributed by atoms with Crippen molar-refractivity contribution in [1.29, 1.82) is 0 Å². The molecule has 148 valence electrons. The molecule has 0 atom stereocenters. The third-order valence-electron chi connectivity index (χ3n) is 4.03. The molecule has 8 nitrogen and oxygen atoms in total. The van der Waals surface area contributed by atoms with Crippen LogP contribution in [0.3, 0.4) is 0 Å². The number of benzene rings is 2. The second-order valence-corrected chi connectivity index (χ2v) is 7.60. The molecule has 2 aromatic rings. The third-order valence-corrected chi connectivity index (χ3v) is 4.84. The molecule has 0 bridgehead atoms. The maximum Gasteiger partial charge on any atom is 0.466 e. The highest BCUT2D eigenvalue weighted by molar-refractivity contribution is 7.80. The largest absolute Gasteiger partial charge is 0.497 e. The van der Waals surface area contributed by atoms with E-state index in [1.165, 1.54) is 24.1 Å². The highest BCUT2D eigenvalue weighted by Crippen LogP contribution is 2.34. The fourth-order valence-corrected chi connectivity index (χ4v) is 3.46. The van der Waals surface area contributed by atoms with E-state index in [2.05, 4.69) is 9.44 Å². The van der Waals surface area contributed by atoms with Crippen molar-refractivity contribution in [2.24, 2.45) is 5.16 Å². The van der Waals surface area contributed by atoms with Crippen LogP contribution in [-0.2, 0) is 14.7 Å². The first-order valence-corrected chi connectivity index (χ1v) is 10.00. The molecule has 1 aliphatic rings. The Bertz CT molecular complexity index is 1070. The summed E-state index contributed by atoms with van der Waals surface area (Å²) < 4.78 is 39.8. The van der Waals surface area contributed by atoms with Gasteiger partial charge < -0.3 is 9.64 Å². The lowest BCUT2D eigenvalue weighted by atomic mass is 9.98. The lowest BCUT2D eigenvalue weighted by molar-refractivity contribution is 0.0987. The number of hydrogen-bond donors (Lipinski definition) is 1. The van der Waals surface area contributed by atoms with Crippen LogP contribution in [0, 0.1) is 0 Å². The quantitative estimate of drug-likeness (QED) is 0.570. The average Bonchev–Trinajstić information content (AvgIpc) is 2.64. The average molecular weight is 445 g/mol. The van der Waals surface area contributed by atoms with Gasteiger partial charge in [-0.05, 0) is 30.3 Å². The van der Waals surface area contributed by atoms with E-state index in [0.29, 0.717) is 22.0 Å². The maximum atomic E-state index is 13.1. The van der Waals surface area contributed by atoms with Crippen molar-refractivity contribution in [1.82, 2.24) is 0 Å². The first-order valence-electron chi connectivity index (χ1n) is 7.88. The molecule has 0 spiro atoms. The van der Waals surface area contributed by atoms with Gasteiger partial charge in [0.05, 0.1) is 29.1 Å². The summed E-state index contributed by atoms with van der Waals surface area (Å²) in [6.45, 7) is 0.172. The van der Waals surface area contributed by atoms with Gasteiger partial charge in [-0.15, -0.1) is 0 Å². The first-order chi connectivity index (χ1) is 13.2. The Hall–Kier alpha value is -2.33. The Balaban J connectivity index is 2.05. The fourth-order valence-electron chi connectivity index (χ4n) is 2.78. The second kappa shape index (κ2) is 7.96. The standard InChI is InChI=1S/C17H14Cl2N2O6S/c1-26-11-3-5-13-15(20-27-28(23,24)25)6-7-21(16(13)9-11)17(22)12-4-2-10(18)8-14(12)19/h2-5,8-9H,6-7H2,1H3,(H,23,24,25)/b20-15+. The molecule has 0 fully saturated rings. The number of hydrogen-bond acceptors (Lipinski definition) is 6. The van der Waals surface area contributed by atoms with Crippen molar-refractivity contribution in [2.75, 3.05) is 18.6 Å². The number of anilines is 1. The van der Waals surface area contributed by atoms with Crippen LogP contribution in [-0.4, -0.2) is 38.2 Å². The van der Waals surface area contributed by atoms with Crippen molar-refractivity contribution < 1.29 is 26.8 Å². The SMILES string of the molecule is COc1ccc2c(c1)N(C(=O)c1ccc(Cl)cc1Cl)CC/C2=N\OS(=O)(=O)O. The molecule has 3 rings (SSSR count). The van der Waals surface area contributed by atoms with Gasteiger partial charge in [0.15, 0.2) is 0 Å². The van der Waals surface area contributed by atoms with E-state index in [-0.39, 0.29) is 35.2 Å². The van der Waals surface area contributed by atoms with E-state index in [1.54, 1.807) is 24.3 Å². The predicted molar refractivity (Wildman–Crippen MR) is 105 cm³/mol. The molecule has 0 unspecified atom stereocenters. The molecule has 0 radical (unpaired) electrons. The number of carbonyl (C=O) groups is 1. The van der Waals surface area contributed by atoms with Crippen molar-refractivity contribution in [3.05, 3.63) is 57.6 Å². The van der Waals surface area contributed by atoms with Gasteiger partial charge in [0, 0.05) is 29.6 Å². The van der Waals surface area contributed by atoms with Crippen molar-refractivity contribution >= 4 is 50.9 Å². The number of carbonyl (C=O) groups excluding carboxylic acids is 1. The van der Waals surface area contributed by atoms with Crippen molar-refractivity contribution in [3.8, 4) is 5.75 Å². The van der Waals surface area contributed by atoms with E-state index in [9.17, 15) is 13.2 Å². The third kappa shape index (κ3) is 4.39. The van der Waals surface area contributed by atoms with Crippen LogP contribution in [0.1, 0.15) is 22.3 Å². The minimum Gasteiger partial charge on any atom is -0.497 e. The van der Waals surface area contributed by atoms with Gasteiger partial charge >= 0.3 is 10.4 Å². The molecule has 11 heteroatoms. The predicted octanol–water partition coefficient (Wildman–Crippen LogP) is 3.58. The highest BCUT2D eigenvalue weighted by Gasteiger charge is 2.29. The zero-order valence-electron chi connectivity index (χ0n) is 14.4. The van der Waals surface area contributed by atoms with Crippen molar-refractivity contribution in [2.45, 2.75) is 6.42 Å². The molecular weight excluding hydrogens is 431 g/mol. The van der Waals surface area contributed by atoms with E-state index >= 15 is 0 Å². The number of oxime groups is 1. The number of rotatable bonds is 4. The molecule has 1 aliphatic heterocycles. The zero-order valence-corrected chi connectivity index (χ0v) is 16.8. The van der Waals surface area contributed by atoms with Gasteiger partial charge in [-0.2, -0.15) is 8.42 Å². The maximum absolute atomic E-state index is 13.1. The summed E-state index contributed by atoms with van der Waals surface area (Å²) in [5.41, 5.74) is 1.39. The lowest BCUT2D eigenvalue weighted by Crippen LogP contribution is -2.38. The molecule has 1 amide bonds. The number of ether oxygens (including phenoxy) is 1. The number of nitrogens with zero attached hydrogens (tertiary/aromatic N) is 2. The number of fused-ring (bicyclic) bond motifs is 1. The normalized spacial score (nSPS) is 15.3. The zero-order chi connectivity index (χ0) is 20.5. The van der Waals surface area contributed by atoms with E-state index in [1.807, 2.05) is 0 Å². The molecule has 0 aliphatic carbocycles. The molecule has 1 N–H and O–H groups in total. The van der Waals surface area contributed by atoms with Crippen LogP contribution >= 0.6 is 23.2 Å². The van der Waals surface area contributed by atoms with Gasteiger partial charge in [0.1, 0.15) is 5.75 Å². The van der Waals surface area contributed by atoms with Gasteiger partial charge in [-0.3, -0.25) is 9.35 Å². The Morgan fingerprint density at radius 3 is 2.61 bits per heavy atom. The molecule has 0 aromatic heterocycles. The van der Waals surface area contributed by atoms with Crippen LogP contribution in [0.25, 0.3) is 0 Å².